The van der Waals surface area contributed by atoms with Crippen LogP contribution in [0.5, 0.6) is 11.6 Å². The highest BCUT2D eigenvalue weighted by atomic mass is 16.5. The summed E-state index contributed by atoms with van der Waals surface area (Å²) in [6.45, 7) is 1.81. The van der Waals surface area contributed by atoms with Crippen molar-refractivity contribution in [3.63, 3.8) is 0 Å². The van der Waals surface area contributed by atoms with E-state index in [1.54, 1.807) is 25.1 Å². The van der Waals surface area contributed by atoms with Crippen LogP contribution in [0.2, 0.25) is 0 Å². The van der Waals surface area contributed by atoms with E-state index in [-0.39, 0.29) is 5.95 Å². The summed E-state index contributed by atoms with van der Waals surface area (Å²) in [5.41, 5.74) is 12.4. The number of nitrogen functional groups attached to an aromatic ring is 1. The second-order valence-corrected chi connectivity index (χ2v) is 4.71. The maximum Gasteiger partial charge on any atom is 0.233 e. The van der Waals surface area contributed by atoms with Gasteiger partial charge in [-0.1, -0.05) is 12.0 Å². The van der Waals surface area contributed by atoms with Gasteiger partial charge in [0.15, 0.2) is 0 Å². The summed E-state index contributed by atoms with van der Waals surface area (Å²) in [5.74, 6) is 4.17. The first kappa shape index (κ1) is 12.3. The van der Waals surface area contributed by atoms with Crippen molar-refractivity contribution in [1.29, 1.82) is 0 Å². The molecule has 1 aliphatic rings. The van der Waals surface area contributed by atoms with Crippen molar-refractivity contribution in [3.05, 3.63) is 35.4 Å². The second-order valence-electron chi connectivity index (χ2n) is 4.71. The molecule has 0 spiro atoms. The fourth-order valence-electron chi connectivity index (χ4n) is 2.10. The van der Waals surface area contributed by atoms with Gasteiger partial charge in [-0.2, -0.15) is 9.97 Å². The molecule has 1 aromatic heterocycles. The van der Waals surface area contributed by atoms with E-state index in [2.05, 4.69) is 21.2 Å². The number of ether oxygens (including phenoxy) is 1. The fourth-order valence-corrected chi connectivity index (χ4v) is 2.10. The minimum atomic E-state index is -0.734. The normalized spacial score (nSPS) is 19.2. The maximum absolute atomic E-state index is 6.05. The summed E-state index contributed by atoms with van der Waals surface area (Å²) in [7, 11) is 0. The van der Waals surface area contributed by atoms with Gasteiger partial charge in [0.05, 0.1) is 5.56 Å². The number of nitrogens with one attached hydrogen (secondary N) is 1. The largest absolute Gasteiger partial charge is 0.438 e. The highest BCUT2D eigenvalue weighted by Crippen LogP contribution is 2.43. The van der Waals surface area contributed by atoms with Crippen molar-refractivity contribution in [2.75, 3.05) is 11.1 Å². The van der Waals surface area contributed by atoms with Crippen LogP contribution in [0.15, 0.2) is 24.3 Å². The van der Waals surface area contributed by atoms with Crippen molar-refractivity contribution in [2.24, 2.45) is 5.73 Å². The molecular formula is C14H13N5O. The zero-order valence-corrected chi connectivity index (χ0v) is 10.8. The molecule has 0 bridgehead atoms. The molecular weight excluding hydrogens is 254 g/mol. The molecule has 100 valence electrons. The number of hydrogen-bond acceptors (Lipinski definition) is 6. The number of nitrogens with zero attached hydrogens (tertiary/aromatic N) is 2. The summed E-state index contributed by atoms with van der Waals surface area (Å²) < 4.78 is 5.75. The van der Waals surface area contributed by atoms with Crippen molar-refractivity contribution in [2.45, 2.75) is 12.6 Å². The summed E-state index contributed by atoms with van der Waals surface area (Å²) in [6.07, 6.45) is 5.36. The van der Waals surface area contributed by atoms with Crippen molar-refractivity contribution in [1.82, 2.24) is 9.97 Å². The molecule has 0 saturated carbocycles. The molecule has 0 radical (unpaired) electrons. The van der Waals surface area contributed by atoms with Crippen LogP contribution in [0.4, 0.5) is 11.8 Å². The minimum Gasteiger partial charge on any atom is -0.438 e. The highest BCUT2D eigenvalue weighted by Gasteiger charge is 2.40. The Kier molecular flexibility index (Phi) is 2.52. The molecule has 5 N–H and O–H groups in total. The molecule has 1 atom stereocenters. The molecule has 1 unspecified atom stereocenters. The smallest absolute Gasteiger partial charge is 0.233 e. The van der Waals surface area contributed by atoms with E-state index >= 15 is 0 Å². The predicted molar refractivity (Wildman–Crippen MR) is 76.1 cm³/mol. The molecule has 0 amide bonds. The van der Waals surface area contributed by atoms with Crippen LogP contribution in [0, 0.1) is 12.3 Å². The molecule has 0 saturated heterocycles. The van der Waals surface area contributed by atoms with E-state index in [0.29, 0.717) is 23.0 Å². The summed E-state index contributed by atoms with van der Waals surface area (Å²) in [6, 6.07) is 7.14. The average molecular weight is 267 g/mol. The van der Waals surface area contributed by atoms with Gasteiger partial charge in [-0.25, -0.2) is 0 Å². The van der Waals surface area contributed by atoms with Gasteiger partial charge in [0, 0.05) is 5.56 Å². The van der Waals surface area contributed by atoms with Gasteiger partial charge < -0.3 is 21.5 Å². The zero-order chi connectivity index (χ0) is 14.3. The van der Waals surface area contributed by atoms with Gasteiger partial charge in [-0.05, 0) is 25.1 Å². The lowest BCUT2D eigenvalue weighted by Crippen LogP contribution is -2.50. The third kappa shape index (κ3) is 1.90. The van der Waals surface area contributed by atoms with Crippen LogP contribution >= 0.6 is 0 Å². The number of anilines is 2. The van der Waals surface area contributed by atoms with Crippen LogP contribution in [-0.2, 0) is 5.66 Å². The third-order valence-corrected chi connectivity index (χ3v) is 3.01. The van der Waals surface area contributed by atoms with Gasteiger partial charge in [0.25, 0.3) is 0 Å². The Morgan fingerprint density at radius 1 is 1.40 bits per heavy atom. The van der Waals surface area contributed by atoms with Crippen molar-refractivity contribution in [3.8, 4) is 24.0 Å². The van der Waals surface area contributed by atoms with Crippen LogP contribution in [-0.4, -0.2) is 9.97 Å². The molecule has 1 aromatic carbocycles. The number of hydrogen-bond donors (Lipinski definition) is 3. The molecule has 3 rings (SSSR count). The van der Waals surface area contributed by atoms with Gasteiger partial charge in [0.1, 0.15) is 17.2 Å². The zero-order valence-electron chi connectivity index (χ0n) is 10.8. The number of rotatable bonds is 2. The fraction of sp³-hybridized carbons (Fsp3) is 0.143. The van der Waals surface area contributed by atoms with Gasteiger partial charge in [0.2, 0.25) is 11.8 Å². The second kappa shape index (κ2) is 4.11. The first-order valence-electron chi connectivity index (χ1n) is 5.99. The highest BCUT2D eigenvalue weighted by molar-refractivity contribution is 5.66. The van der Waals surface area contributed by atoms with Crippen LogP contribution < -0.4 is 21.5 Å². The summed E-state index contributed by atoms with van der Waals surface area (Å²) >= 11 is 0. The van der Waals surface area contributed by atoms with E-state index in [1.165, 1.54) is 0 Å². The van der Waals surface area contributed by atoms with Crippen LogP contribution in [0.3, 0.4) is 0 Å². The number of benzene rings is 1. The third-order valence-electron chi connectivity index (χ3n) is 3.01. The van der Waals surface area contributed by atoms with E-state index in [1.807, 2.05) is 6.07 Å². The molecule has 0 fully saturated rings. The lowest BCUT2D eigenvalue weighted by atomic mass is 9.96. The van der Waals surface area contributed by atoms with Crippen molar-refractivity contribution < 1.29 is 4.74 Å². The molecule has 6 nitrogen and oxygen atoms in total. The molecule has 20 heavy (non-hydrogen) atoms. The van der Waals surface area contributed by atoms with E-state index in [0.717, 1.165) is 5.56 Å². The molecule has 2 aromatic rings. The standard InChI is InChI=1S/C14H13N5O/c1-3-8-5-4-6-9(7-8)20-12-10-11(17-13(15)18-12)19-14(10,2)16/h1,4-7H,16H2,2H3,(H3,15,17,18,19). The minimum absolute atomic E-state index is 0.120. The number of aromatic nitrogens is 2. The molecule has 1 aliphatic heterocycles. The van der Waals surface area contributed by atoms with E-state index < -0.39 is 5.66 Å². The summed E-state index contributed by atoms with van der Waals surface area (Å²) in [4.78, 5) is 8.16. The van der Waals surface area contributed by atoms with Crippen LogP contribution in [0.25, 0.3) is 0 Å². The molecule has 0 aliphatic carbocycles. The Hall–Kier alpha value is -2.78. The van der Waals surface area contributed by atoms with Gasteiger partial charge >= 0.3 is 0 Å². The topological polar surface area (TPSA) is 99.1 Å². The Bertz CT molecular complexity index is 733. The van der Waals surface area contributed by atoms with E-state index in [4.69, 9.17) is 22.6 Å². The number of terminal acetylenes is 1. The Morgan fingerprint density at radius 3 is 2.90 bits per heavy atom. The molecule has 2 heterocycles. The monoisotopic (exact) mass is 267 g/mol. The maximum atomic E-state index is 6.05. The lowest BCUT2D eigenvalue weighted by molar-refractivity contribution is 0.418. The Labute approximate surface area is 116 Å². The quantitative estimate of drug-likeness (QED) is 0.711. The average Bonchev–Trinajstić information content (AvgIpc) is 2.36. The van der Waals surface area contributed by atoms with Crippen molar-refractivity contribution >= 4 is 11.8 Å². The Balaban J connectivity index is 2.01. The predicted octanol–water partition coefficient (Wildman–Crippen LogP) is 1.39. The lowest BCUT2D eigenvalue weighted by Gasteiger charge is -2.38. The SMILES string of the molecule is C#Cc1cccc(Oc2nc(N)nc3c2C(C)(N)N3)c1. The van der Waals surface area contributed by atoms with Gasteiger partial charge in [-0.15, -0.1) is 6.42 Å². The first-order valence-corrected chi connectivity index (χ1v) is 5.99. The number of fused-ring (bicyclic) bond motifs is 1. The molecule has 6 heteroatoms. The summed E-state index contributed by atoms with van der Waals surface area (Å²) in [5, 5.41) is 2.99. The van der Waals surface area contributed by atoms with E-state index in [9.17, 15) is 0 Å². The first-order chi connectivity index (χ1) is 9.49. The Morgan fingerprint density at radius 2 is 2.20 bits per heavy atom. The number of nitrogens with two attached hydrogens (primary N) is 2. The van der Waals surface area contributed by atoms with Gasteiger partial charge in [-0.3, -0.25) is 0 Å². The van der Waals surface area contributed by atoms with Crippen LogP contribution in [0.1, 0.15) is 18.1 Å².